The molecule has 1 amide bonds. The number of carbonyl (C=O) groups is 4. The van der Waals surface area contributed by atoms with Gasteiger partial charge >= 0.3 is 11.9 Å². The molecule has 1 aliphatic heterocycles. The highest BCUT2D eigenvalue weighted by Crippen LogP contribution is 2.12. The number of hydrogen-bond donors (Lipinski definition) is 2. The molecule has 1 fully saturated rings. The Bertz CT molecular complexity index is 834. The number of piperazine rings is 1. The molecule has 0 atom stereocenters. The van der Waals surface area contributed by atoms with Crippen LogP contribution in [0.25, 0.3) is 0 Å². The van der Waals surface area contributed by atoms with Crippen LogP contribution >= 0.6 is 11.3 Å². The number of aliphatic carboxylic acids is 2. The van der Waals surface area contributed by atoms with E-state index in [1.165, 1.54) is 16.9 Å². The Balaban J connectivity index is 0.000000469. The number of hydrogen-bond acceptors (Lipinski definition) is 6. The molecule has 0 bridgehead atoms. The number of amides is 1. The number of thiophene rings is 1. The Morgan fingerprint density at radius 3 is 2.03 bits per heavy atom. The fourth-order valence-electron chi connectivity index (χ4n) is 2.93. The summed E-state index contributed by atoms with van der Waals surface area (Å²) in [6.07, 6.45) is 1.34. The molecule has 1 aliphatic rings. The molecule has 1 saturated heterocycles. The summed E-state index contributed by atoms with van der Waals surface area (Å²) in [5, 5.41) is 16.7. The molecule has 2 N–H and O–H groups in total. The van der Waals surface area contributed by atoms with E-state index in [1.54, 1.807) is 0 Å². The molecule has 9 heteroatoms. The van der Waals surface area contributed by atoms with Crippen molar-refractivity contribution in [3.63, 3.8) is 0 Å². The fourth-order valence-corrected chi connectivity index (χ4v) is 3.58. The van der Waals surface area contributed by atoms with Gasteiger partial charge in [0.05, 0.1) is 11.4 Å². The maximum absolute atomic E-state index is 12.3. The molecule has 8 nitrogen and oxygen atoms in total. The van der Waals surface area contributed by atoms with Gasteiger partial charge in [0.1, 0.15) is 0 Å². The zero-order valence-corrected chi connectivity index (χ0v) is 17.2. The second-order valence-corrected chi connectivity index (χ2v) is 7.60. The van der Waals surface area contributed by atoms with E-state index >= 15 is 0 Å². The Kier molecular flexibility index (Phi) is 9.17. The highest BCUT2D eigenvalue weighted by atomic mass is 32.1. The smallest absolute Gasteiger partial charge is 0.414 e. The van der Waals surface area contributed by atoms with E-state index < -0.39 is 11.9 Å². The second kappa shape index (κ2) is 11.8. The van der Waals surface area contributed by atoms with Crippen LogP contribution in [0.3, 0.4) is 0 Å². The van der Waals surface area contributed by atoms with Crippen molar-refractivity contribution in [3.8, 4) is 0 Å². The van der Waals surface area contributed by atoms with Crippen LogP contribution in [-0.4, -0.2) is 76.4 Å². The first-order chi connectivity index (χ1) is 14.4. The van der Waals surface area contributed by atoms with Crippen LogP contribution in [-0.2, 0) is 20.8 Å². The molecule has 0 spiro atoms. The minimum absolute atomic E-state index is 0.175. The average Bonchev–Trinajstić information content (AvgIpc) is 3.29. The number of ketones is 1. The number of nitrogens with zero attached hydrogens (tertiary/aromatic N) is 2. The largest absolute Gasteiger partial charge is 0.473 e. The lowest BCUT2D eigenvalue weighted by atomic mass is 10.1. The first-order valence-corrected chi connectivity index (χ1v) is 10.3. The van der Waals surface area contributed by atoms with Gasteiger partial charge in [-0.2, -0.15) is 0 Å². The van der Waals surface area contributed by atoms with Crippen molar-refractivity contribution < 1.29 is 29.4 Å². The molecular formula is C21H24N2O6S. The average molecular weight is 432 g/mol. The highest BCUT2D eigenvalue weighted by Gasteiger charge is 2.22. The van der Waals surface area contributed by atoms with Crippen molar-refractivity contribution in [1.29, 1.82) is 0 Å². The number of Topliss-reactive ketones (excluding diaryl/α,β-unsaturated/α-hetero) is 1. The molecule has 160 valence electrons. The van der Waals surface area contributed by atoms with E-state index in [-0.39, 0.29) is 11.7 Å². The zero-order valence-electron chi connectivity index (χ0n) is 16.4. The van der Waals surface area contributed by atoms with Crippen molar-refractivity contribution in [1.82, 2.24) is 9.80 Å². The Hall–Kier alpha value is -3.04. The zero-order chi connectivity index (χ0) is 21.9. The summed E-state index contributed by atoms with van der Waals surface area (Å²) < 4.78 is 0. The lowest BCUT2D eigenvalue weighted by Crippen LogP contribution is -2.49. The van der Waals surface area contributed by atoms with Crippen LogP contribution in [0, 0.1) is 0 Å². The van der Waals surface area contributed by atoms with Crippen molar-refractivity contribution in [2.45, 2.75) is 12.8 Å². The van der Waals surface area contributed by atoms with Crippen LogP contribution in [0.1, 0.15) is 21.7 Å². The predicted octanol–water partition coefficient (Wildman–Crippen LogP) is 1.86. The predicted molar refractivity (Wildman–Crippen MR) is 112 cm³/mol. The minimum atomic E-state index is -1.82. The minimum Gasteiger partial charge on any atom is -0.473 e. The third-order valence-corrected chi connectivity index (χ3v) is 5.45. The molecule has 0 aliphatic carbocycles. The number of carboxylic acid groups (broad SMARTS) is 2. The van der Waals surface area contributed by atoms with E-state index in [2.05, 4.69) is 17.0 Å². The summed E-state index contributed by atoms with van der Waals surface area (Å²) in [5.41, 5.74) is 1.20. The molecule has 30 heavy (non-hydrogen) atoms. The third-order valence-electron chi connectivity index (χ3n) is 4.54. The second-order valence-electron chi connectivity index (χ2n) is 6.65. The summed E-state index contributed by atoms with van der Waals surface area (Å²) in [7, 11) is 0. The van der Waals surface area contributed by atoms with Gasteiger partial charge in [-0.15, -0.1) is 11.3 Å². The molecule has 3 rings (SSSR count). The van der Waals surface area contributed by atoms with Gasteiger partial charge in [-0.25, -0.2) is 9.59 Å². The van der Waals surface area contributed by atoms with E-state index in [0.29, 0.717) is 26.1 Å². The number of carbonyl (C=O) groups excluding carboxylic acids is 2. The monoisotopic (exact) mass is 432 g/mol. The summed E-state index contributed by atoms with van der Waals surface area (Å²) in [5.74, 6) is -3.26. The van der Waals surface area contributed by atoms with Gasteiger partial charge in [0.2, 0.25) is 5.91 Å². The molecule has 0 radical (unpaired) electrons. The van der Waals surface area contributed by atoms with Gasteiger partial charge in [-0.3, -0.25) is 14.5 Å². The van der Waals surface area contributed by atoms with Gasteiger partial charge in [0, 0.05) is 32.6 Å². The Morgan fingerprint density at radius 1 is 0.867 bits per heavy atom. The van der Waals surface area contributed by atoms with Gasteiger partial charge < -0.3 is 15.1 Å². The molecule has 1 aromatic heterocycles. The quantitative estimate of drug-likeness (QED) is 0.529. The lowest BCUT2D eigenvalue weighted by molar-refractivity contribution is -0.159. The molecule has 1 aromatic carbocycles. The van der Waals surface area contributed by atoms with Crippen LogP contribution in [0.4, 0.5) is 0 Å². The van der Waals surface area contributed by atoms with Crippen LogP contribution in [0.5, 0.6) is 0 Å². The highest BCUT2D eigenvalue weighted by molar-refractivity contribution is 7.12. The topological polar surface area (TPSA) is 115 Å². The number of carboxylic acids is 2. The summed E-state index contributed by atoms with van der Waals surface area (Å²) in [4.78, 5) is 47.5. The van der Waals surface area contributed by atoms with Crippen LogP contribution < -0.4 is 0 Å². The fraction of sp³-hybridized carbons (Fsp3) is 0.333. The maximum atomic E-state index is 12.3. The van der Waals surface area contributed by atoms with Crippen molar-refractivity contribution in [2.75, 3.05) is 32.7 Å². The number of benzene rings is 1. The first-order valence-electron chi connectivity index (χ1n) is 9.43. The third kappa shape index (κ3) is 7.76. The van der Waals surface area contributed by atoms with Gasteiger partial charge in [-0.05, 0) is 23.4 Å². The number of aryl methyl sites for hydroxylation is 1. The van der Waals surface area contributed by atoms with E-state index in [1.807, 2.05) is 40.6 Å². The Labute approximate surface area is 178 Å². The lowest BCUT2D eigenvalue weighted by Gasteiger charge is -2.34. The molecular weight excluding hydrogens is 408 g/mol. The number of rotatable bonds is 6. The summed E-state index contributed by atoms with van der Waals surface area (Å²) >= 11 is 1.49. The van der Waals surface area contributed by atoms with Crippen LogP contribution in [0.15, 0.2) is 47.8 Å². The van der Waals surface area contributed by atoms with E-state index in [9.17, 15) is 9.59 Å². The maximum Gasteiger partial charge on any atom is 0.414 e. The van der Waals surface area contributed by atoms with E-state index in [4.69, 9.17) is 19.8 Å². The van der Waals surface area contributed by atoms with Crippen molar-refractivity contribution >= 4 is 35.0 Å². The molecule has 2 heterocycles. The van der Waals surface area contributed by atoms with Crippen molar-refractivity contribution in [2.24, 2.45) is 0 Å². The standard InChI is InChI=1S/C19H22N2O2S.C2H2O4/c22-17(18-7-4-14-24-18)15-20-10-12-21(13-11-20)19(23)9-8-16-5-2-1-3-6-16;3-1(4)2(5)6/h1-7,14H,8-13,15H2;(H,3,4)(H,5,6). The van der Waals surface area contributed by atoms with Gasteiger partial charge in [0.15, 0.2) is 5.78 Å². The van der Waals surface area contributed by atoms with Crippen LogP contribution in [0.2, 0.25) is 0 Å². The molecule has 2 aromatic rings. The Morgan fingerprint density at radius 2 is 1.50 bits per heavy atom. The normalized spacial score (nSPS) is 13.8. The van der Waals surface area contributed by atoms with Gasteiger partial charge in [-0.1, -0.05) is 36.4 Å². The molecule has 0 saturated carbocycles. The van der Waals surface area contributed by atoms with Crippen molar-refractivity contribution in [3.05, 3.63) is 58.3 Å². The SMILES string of the molecule is O=C(CN1CCN(C(=O)CCc2ccccc2)CC1)c1cccs1.O=C(O)C(=O)O. The van der Waals surface area contributed by atoms with Gasteiger partial charge in [0.25, 0.3) is 0 Å². The summed E-state index contributed by atoms with van der Waals surface area (Å²) in [6.45, 7) is 3.42. The molecule has 0 unspecified atom stereocenters. The first kappa shape index (κ1) is 23.2. The van der Waals surface area contributed by atoms with E-state index in [0.717, 1.165) is 24.4 Å². The summed E-state index contributed by atoms with van der Waals surface area (Å²) in [6, 6.07) is 13.9.